The van der Waals surface area contributed by atoms with E-state index in [9.17, 15) is 39.3 Å². The molecule has 6 aromatic carbocycles. The third-order valence-corrected chi connectivity index (χ3v) is 12.1. The van der Waals surface area contributed by atoms with E-state index >= 15 is 4.79 Å². The average Bonchev–Trinajstić information content (AvgIpc) is 3.30. The van der Waals surface area contributed by atoms with E-state index < -0.39 is 35.8 Å². The predicted molar refractivity (Wildman–Crippen MR) is 250 cm³/mol. The number of hydrogen-bond acceptors (Lipinski definition) is 10. The highest BCUT2D eigenvalue weighted by Crippen LogP contribution is 2.37. The van der Waals surface area contributed by atoms with Crippen LogP contribution in [0.15, 0.2) is 115 Å². The molecule has 6 aromatic rings. The Kier molecular flexibility index (Phi) is 15.9. The molecule has 16 nitrogen and oxygen atoms in total. The molecular weight excluding hydrogens is 843 g/mol. The van der Waals surface area contributed by atoms with Crippen LogP contribution in [0, 0.1) is 0 Å². The number of hydrogen-bond donors (Lipinski definition) is 5. The largest absolute Gasteiger partial charge is 0.480 e. The highest BCUT2D eigenvalue weighted by molar-refractivity contribution is 6.26. The van der Waals surface area contributed by atoms with Gasteiger partial charge >= 0.3 is 17.9 Å². The van der Waals surface area contributed by atoms with E-state index in [1.54, 1.807) is 32.9 Å². The molecule has 5 N–H and O–H groups in total. The Morgan fingerprint density at radius 2 is 0.985 bits per heavy atom. The SMILES string of the molecule is O=C(O)CN1CCN(CC(=O)O)CCN(CC(=O)NCCN(C(=O)c2ccc3ccc4cccc5ccc2c3c45)C(C(=O)NCc2ccccc2)c2ccccc2)CCN(CC(=O)O)CC1. The van der Waals surface area contributed by atoms with E-state index in [2.05, 4.69) is 16.7 Å². The minimum absolute atomic E-state index is 0.0186. The fraction of sp³-hybridized carbons (Fsp3) is 0.320. The van der Waals surface area contributed by atoms with Crippen molar-refractivity contribution in [1.29, 1.82) is 0 Å². The molecule has 1 atom stereocenters. The molecule has 0 spiro atoms. The molecule has 0 saturated carbocycles. The minimum Gasteiger partial charge on any atom is -0.480 e. The second-order valence-electron chi connectivity index (χ2n) is 16.6. The summed E-state index contributed by atoms with van der Waals surface area (Å²) in [6, 6.07) is 35.3. The molecule has 16 heteroatoms. The van der Waals surface area contributed by atoms with Gasteiger partial charge in [-0.2, -0.15) is 0 Å². The topological polar surface area (TPSA) is 203 Å². The van der Waals surface area contributed by atoms with Crippen molar-refractivity contribution >= 4 is 67.9 Å². The molecule has 0 radical (unpaired) electrons. The van der Waals surface area contributed by atoms with E-state index in [1.165, 1.54) is 4.90 Å². The molecule has 344 valence electrons. The van der Waals surface area contributed by atoms with E-state index in [0.717, 1.165) is 37.9 Å². The van der Waals surface area contributed by atoms with Crippen molar-refractivity contribution in [2.24, 2.45) is 0 Å². The zero-order valence-corrected chi connectivity index (χ0v) is 36.7. The Hall–Kier alpha value is -6.98. The van der Waals surface area contributed by atoms with Crippen molar-refractivity contribution in [2.75, 3.05) is 91.6 Å². The van der Waals surface area contributed by atoms with Crippen LogP contribution in [0.5, 0.6) is 0 Å². The quantitative estimate of drug-likeness (QED) is 0.0831. The molecule has 1 unspecified atom stereocenters. The second-order valence-corrected chi connectivity index (χ2v) is 16.6. The molecule has 0 aromatic heterocycles. The Bertz CT molecular complexity index is 2600. The van der Waals surface area contributed by atoms with Crippen LogP contribution in [0.1, 0.15) is 27.5 Å². The van der Waals surface area contributed by atoms with Gasteiger partial charge in [0, 0.05) is 77.6 Å². The fourth-order valence-electron chi connectivity index (χ4n) is 8.77. The second kappa shape index (κ2) is 22.3. The van der Waals surface area contributed by atoms with Crippen LogP contribution in [0.4, 0.5) is 0 Å². The number of benzene rings is 6. The molecule has 7 rings (SSSR count). The number of rotatable bonds is 17. The monoisotopic (exact) mass is 897 g/mol. The zero-order chi connectivity index (χ0) is 46.6. The third-order valence-electron chi connectivity index (χ3n) is 12.1. The van der Waals surface area contributed by atoms with Gasteiger partial charge in [-0.3, -0.25) is 48.4 Å². The number of carbonyl (C=O) groups is 6. The molecule has 66 heavy (non-hydrogen) atoms. The lowest BCUT2D eigenvalue weighted by atomic mass is 9.91. The van der Waals surface area contributed by atoms with Gasteiger partial charge in [-0.25, -0.2) is 0 Å². The Morgan fingerprint density at radius 1 is 0.515 bits per heavy atom. The van der Waals surface area contributed by atoms with Gasteiger partial charge in [0.25, 0.3) is 5.91 Å². The van der Waals surface area contributed by atoms with Gasteiger partial charge in [-0.15, -0.1) is 0 Å². The van der Waals surface area contributed by atoms with Gasteiger partial charge in [-0.05, 0) is 49.5 Å². The lowest BCUT2D eigenvalue weighted by Gasteiger charge is -2.33. The van der Waals surface area contributed by atoms with Crippen molar-refractivity contribution in [3.8, 4) is 0 Å². The van der Waals surface area contributed by atoms with Gasteiger partial charge < -0.3 is 30.9 Å². The van der Waals surface area contributed by atoms with Gasteiger partial charge in [0.15, 0.2) is 0 Å². The maximum absolute atomic E-state index is 15.2. The van der Waals surface area contributed by atoms with Crippen LogP contribution in [0.3, 0.4) is 0 Å². The maximum Gasteiger partial charge on any atom is 0.317 e. The summed E-state index contributed by atoms with van der Waals surface area (Å²) >= 11 is 0. The molecule has 0 bridgehead atoms. The maximum atomic E-state index is 15.2. The number of aliphatic carboxylic acids is 3. The molecule has 1 saturated heterocycles. The Labute approximate surface area is 382 Å². The molecule has 0 aliphatic carbocycles. The van der Waals surface area contributed by atoms with E-state index in [0.29, 0.717) is 11.1 Å². The van der Waals surface area contributed by atoms with Crippen molar-refractivity contribution in [3.05, 3.63) is 132 Å². The Balaban J connectivity index is 1.14. The molecule has 3 amide bonds. The van der Waals surface area contributed by atoms with Crippen molar-refractivity contribution < 1.29 is 44.1 Å². The summed E-state index contributed by atoms with van der Waals surface area (Å²) in [6.45, 7) is 1.20. The van der Waals surface area contributed by atoms with Gasteiger partial charge in [0.05, 0.1) is 26.2 Å². The molecular formula is C50H55N7O9. The number of amides is 3. The summed E-state index contributed by atoms with van der Waals surface area (Å²) in [6.07, 6.45) is 0. The minimum atomic E-state index is -1.08. The normalized spacial score (nSPS) is 15.5. The average molecular weight is 898 g/mol. The number of carboxylic acid groups (broad SMARTS) is 3. The lowest BCUT2D eigenvalue weighted by Crippen LogP contribution is -2.50. The molecule has 1 heterocycles. The van der Waals surface area contributed by atoms with Crippen LogP contribution in [-0.2, 0) is 30.5 Å². The molecule has 1 fully saturated rings. The van der Waals surface area contributed by atoms with Crippen LogP contribution in [-0.4, -0.2) is 167 Å². The smallest absolute Gasteiger partial charge is 0.317 e. The van der Waals surface area contributed by atoms with Gasteiger partial charge in [0.1, 0.15) is 6.04 Å². The summed E-state index contributed by atoms with van der Waals surface area (Å²) in [5.74, 6) is -4.32. The fourth-order valence-corrected chi connectivity index (χ4v) is 8.77. The van der Waals surface area contributed by atoms with Crippen LogP contribution in [0.25, 0.3) is 32.3 Å². The molecule has 1 aliphatic heterocycles. The van der Waals surface area contributed by atoms with Gasteiger partial charge in [-0.1, -0.05) is 109 Å². The van der Waals surface area contributed by atoms with Gasteiger partial charge in [0.2, 0.25) is 11.8 Å². The van der Waals surface area contributed by atoms with Crippen molar-refractivity contribution in [1.82, 2.24) is 35.1 Å². The first-order valence-electron chi connectivity index (χ1n) is 22.1. The van der Waals surface area contributed by atoms with Crippen molar-refractivity contribution in [2.45, 2.75) is 12.6 Å². The first-order chi connectivity index (χ1) is 31.9. The molecule has 1 aliphatic rings. The van der Waals surface area contributed by atoms with Crippen LogP contribution < -0.4 is 10.6 Å². The third kappa shape index (κ3) is 12.2. The Morgan fingerprint density at radius 3 is 1.52 bits per heavy atom. The first-order valence-corrected chi connectivity index (χ1v) is 22.1. The highest BCUT2D eigenvalue weighted by Gasteiger charge is 2.33. The lowest BCUT2D eigenvalue weighted by molar-refractivity contribution is -0.140. The van der Waals surface area contributed by atoms with E-state index in [1.807, 2.05) is 95.9 Å². The van der Waals surface area contributed by atoms with Crippen molar-refractivity contribution in [3.63, 3.8) is 0 Å². The zero-order valence-electron chi connectivity index (χ0n) is 36.7. The number of nitrogens with zero attached hydrogens (tertiary/aromatic N) is 5. The summed E-state index contributed by atoms with van der Waals surface area (Å²) in [7, 11) is 0. The summed E-state index contributed by atoms with van der Waals surface area (Å²) in [5, 5.41) is 40.6. The summed E-state index contributed by atoms with van der Waals surface area (Å²) in [4.78, 5) is 87.2. The number of nitrogens with one attached hydrogen (secondary N) is 2. The summed E-state index contributed by atoms with van der Waals surface area (Å²) in [5.41, 5.74) is 1.88. The summed E-state index contributed by atoms with van der Waals surface area (Å²) < 4.78 is 0. The first kappa shape index (κ1) is 47.0. The number of carbonyl (C=O) groups excluding carboxylic acids is 3. The standard InChI is InChI=1S/C50H55N7O9/c58-42(31-53-22-24-54(32-43(59)60)26-28-56(34-45(63)64)29-27-55(25-23-53)33-44(61)62)51-20-21-57(48(39-10-5-2-6-11-39)49(65)52-30-35-8-3-1-4-9-35)50(66)41-19-17-38-15-14-36-12-7-13-37-16-18-40(41)47(38)46(36)37/h1-19,48H,20-34H2,(H,51,58)(H,52,65)(H,59,60)(H,61,62)(H,63,64). The van der Waals surface area contributed by atoms with Crippen LogP contribution >= 0.6 is 0 Å². The van der Waals surface area contributed by atoms with E-state index in [4.69, 9.17) is 0 Å². The van der Waals surface area contributed by atoms with E-state index in [-0.39, 0.29) is 104 Å². The van der Waals surface area contributed by atoms with Crippen LogP contribution in [0.2, 0.25) is 0 Å². The highest BCUT2D eigenvalue weighted by atomic mass is 16.4. The predicted octanol–water partition coefficient (Wildman–Crippen LogP) is 3.68. The number of carboxylic acids is 3.